The van der Waals surface area contributed by atoms with Crippen LogP contribution in [0.2, 0.25) is 0 Å². The zero-order valence-electron chi connectivity index (χ0n) is 22.2. The Balaban J connectivity index is 1.79. The lowest BCUT2D eigenvalue weighted by molar-refractivity contribution is 0.516. The van der Waals surface area contributed by atoms with Crippen LogP contribution in [0.1, 0.15) is 56.4 Å². The van der Waals surface area contributed by atoms with Crippen molar-refractivity contribution in [3.05, 3.63) is 158 Å². The molecule has 1 radical (unpaired) electrons. The van der Waals surface area contributed by atoms with Crippen molar-refractivity contribution < 1.29 is 0 Å². The molecule has 0 nitrogen and oxygen atoms in total. The van der Waals surface area contributed by atoms with Crippen LogP contribution in [0.5, 0.6) is 0 Å². The fourth-order valence-corrected chi connectivity index (χ4v) is 5.81. The van der Waals surface area contributed by atoms with Gasteiger partial charge in [-0.15, -0.1) is 0 Å². The van der Waals surface area contributed by atoms with Crippen LogP contribution in [0.4, 0.5) is 0 Å². The third kappa shape index (κ3) is 4.11. The summed E-state index contributed by atoms with van der Waals surface area (Å²) in [5.74, 6) is 0.387. The maximum Gasteiger partial charge on any atom is 0.00278 e. The Labute approximate surface area is 220 Å². The number of hydrogen-bond donors (Lipinski definition) is 0. The monoisotopic (exact) mass is 477 g/mol. The van der Waals surface area contributed by atoms with Gasteiger partial charge in [-0.1, -0.05) is 137 Å². The Kier molecular flexibility index (Phi) is 5.84. The second-order valence-electron chi connectivity index (χ2n) is 11.2. The summed E-state index contributed by atoms with van der Waals surface area (Å²) < 4.78 is 0. The van der Waals surface area contributed by atoms with Crippen LogP contribution >= 0.6 is 0 Å². The third-order valence-corrected chi connectivity index (χ3v) is 7.76. The van der Waals surface area contributed by atoms with Gasteiger partial charge in [0, 0.05) is 5.92 Å². The molecule has 0 N–H and O–H groups in total. The third-order valence-electron chi connectivity index (χ3n) is 7.76. The van der Waals surface area contributed by atoms with Crippen LogP contribution in [0.25, 0.3) is 17.2 Å². The van der Waals surface area contributed by atoms with E-state index < -0.39 is 0 Å². The molecule has 0 bridgehead atoms. The van der Waals surface area contributed by atoms with E-state index in [2.05, 4.69) is 143 Å². The molecule has 4 aromatic rings. The summed E-state index contributed by atoms with van der Waals surface area (Å²) in [6.07, 6.45) is 9.90. The van der Waals surface area contributed by atoms with Gasteiger partial charge >= 0.3 is 0 Å². The summed E-state index contributed by atoms with van der Waals surface area (Å²) in [4.78, 5) is 0. The minimum Gasteiger partial charge on any atom is -0.0732 e. The van der Waals surface area contributed by atoms with Crippen molar-refractivity contribution in [3.63, 3.8) is 0 Å². The van der Waals surface area contributed by atoms with Crippen molar-refractivity contribution >= 4 is 17.2 Å². The molecular formula is C37H33. The van der Waals surface area contributed by atoms with Crippen LogP contribution in [-0.4, -0.2) is 0 Å². The van der Waals surface area contributed by atoms with Crippen LogP contribution in [0.15, 0.2) is 115 Å². The van der Waals surface area contributed by atoms with Crippen molar-refractivity contribution in [1.29, 1.82) is 0 Å². The molecule has 2 aliphatic rings. The van der Waals surface area contributed by atoms with Gasteiger partial charge in [-0.3, -0.25) is 0 Å². The predicted molar refractivity (Wildman–Crippen MR) is 156 cm³/mol. The lowest BCUT2D eigenvalue weighted by Crippen LogP contribution is -2.18. The average molecular weight is 478 g/mol. The molecule has 6 rings (SSSR count). The van der Waals surface area contributed by atoms with Gasteiger partial charge in [-0.2, -0.15) is 0 Å². The molecule has 0 saturated carbocycles. The number of benzene rings is 4. The van der Waals surface area contributed by atoms with Gasteiger partial charge < -0.3 is 0 Å². The van der Waals surface area contributed by atoms with E-state index in [0.717, 1.165) is 6.42 Å². The summed E-state index contributed by atoms with van der Waals surface area (Å²) in [7, 11) is 0. The van der Waals surface area contributed by atoms with E-state index in [4.69, 9.17) is 0 Å². The zero-order valence-corrected chi connectivity index (χ0v) is 22.2. The number of fused-ring (bicyclic) bond motifs is 2. The van der Waals surface area contributed by atoms with Crippen LogP contribution in [-0.2, 0) is 0 Å². The molecule has 2 aliphatic carbocycles. The summed E-state index contributed by atoms with van der Waals surface area (Å²) in [6, 6.07) is 35.1. The highest BCUT2D eigenvalue weighted by Gasteiger charge is 2.28. The van der Waals surface area contributed by atoms with Crippen LogP contribution in [0, 0.1) is 21.8 Å². The lowest BCUT2D eigenvalue weighted by atomic mass is 9.85. The minimum absolute atomic E-state index is 0.106. The first-order chi connectivity index (χ1) is 18.0. The predicted octanol–water partition coefficient (Wildman–Crippen LogP) is 7.64. The van der Waals surface area contributed by atoms with E-state index >= 15 is 0 Å². The molecule has 0 saturated heterocycles. The minimum atomic E-state index is 0.106. The fraction of sp³-hybridized carbons (Fsp3) is 0.189. The Morgan fingerprint density at radius 1 is 0.730 bits per heavy atom. The van der Waals surface area contributed by atoms with Crippen molar-refractivity contribution in [2.75, 3.05) is 0 Å². The summed E-state index contributed by atoms with van der Waals surface area (Å²) in [5, 5.41) is 5.04. The number of rotatable bonds is 4. The highest BCUT2D eigenvalue weighted by atomic mass is 14.3. The molecule has 37 heavy (non-hydrogen) atoms. The molecule has 0 aromatic heterocycles. The molecule has 1 atom stereocenters. The van der Waals surface area contributed by atoms with E-state index in [-0.39, 0.29) is 5.41 Å². The van der Waals surface area contributed by atoms with Gasteiger partial charge in [-0.25, -0.2) is 0 Å². The number of hydrogen-bond acceptors (Lipinski definition) is 0. The first-order valence-electron chi connectivity index (χ1n) is 13.4. The molecule has 0 heteroatoms. The summed E-state index contributed by atoms with van der Waals surface area (Å²) in [5.41, 5.74) is 9.27. The highest BCUT2D eigenvalue weighted by Crippen LogP contribution is 2.42. The Morgan fingerprint density at radius 2 is 1.35 bits per heavy atom. The summed E-state index contributed by atoms with van der Waals surface area (Å²) in [6.45, 7) is 9.27. The Bertz CT molecular complexity index is 1720. The molecule has 0 amide bonds. The van der Waals surface area contributed by atoms with E-state index in [1.54, 1.807) is 0 Å². The van der Waals surface area contributed by atoms with Gasteiger partial charge in [0.25, 0.3) is 0 Å². The molecule has 4 aromatic carbocycles. The molecule has 0 aliphatic heterocycles. The van der Waals surface area contributed by atoms with E-state index in [1.165, 1.54) is 59.8 Å². The maximum atomic E-state index is 3.84. The first-order valence-corrected chi connectivity index (χ1v) is 13.4. The van der Waals surface area contributed by atoms with E-state index in [0.29, 0.717) is 5.92 Å². The quantitative estimate of drug-likeness (QED) is 0.250. The summed E-state index contributed by atoms with van der Waals surface area (Å²) >= 11 is 0. The highest BCUT2D eigenvalue weighted by molar-refractivity contribution is 5.88. The standard InChI is InChI=1S/C37H33/c1-5-25-22-29(37(2,3)4)24-33(25)36-32(21-20-31-30-19-13-12-18-28(30)23-34(31)36)35(26-14-8-6-9-15-26)27-16-10-7-11-17-27/h6-22,24-25H,5H2,1-4H3. The van der Waals surface area contributed by atoms with E-state index in [9.17, 15) is 0 Å². The largest absolute Gasteiger partial charge is 0.0732 e. The zero-order chi connectivity index (χ0) is 25.6. The second-order valence-corrected chi connectivity index (χ2v) is 11.2. The van der Waals surface area contributed by atoms with Gasteiger partial charge in [0.2, 0.25) is 0 Å². The molecule has 181 valence electrons. The second kappa shape index (κ2) is 9.20. The van der Waals surface area contributed by atoms with Gasteiger partial charge in [0.15, 0.2) is 0 Å². The van der Waals surface area contributed by atoms with Gasteiger partial charge in [0.05, 0.1) is 0 Å². The SMILES string of the molecule is CCC1C=C(C(C)(C)C)C=C1c1c2c(ccc1=C(c1ccccc1)c1ccccc1)=c1ccccc1=[C]2. The first kappa shape index (κ1) is 23.5. The average Bonchev–Trinajstić information content (AvgIpc) is 3.52. The van der Waals surface area contributed by atoms with Gasteiger partial charge in [-0.05, 0) is 77.8 Å². The topological polar surface area (TPSA) is 0 Å². The Morgan fingerprint density at radius 3 is 1.97 bits per heavy atom. The van der Waals surface area contributed by atoms with Crippen molar-refractivity contribution in [1.82, 2.24) is 0 Å². The van der Waals surface area contributed by atoms with Crippen molar-refractivity contribution in [3.8, 4) is 0 Å². The maximum absolute atomic E-state index is 3.84. The van der Waals surface area contributed by atoms with Crippen LogP contribution in [0.3, 0.4) is 0 Å². The lowest BCUT2D eigenvalue weighted by Gasteiger charge is -2.19. The normalized spacial score (nSPS) is 15.9. The molecule has 0 fully saturated rings. The molecule has 1 unspecified atom stereocenters. The fourth-order valence-electron chi connectivity index (χ4n) is 5.81. The molecule has 0 heterocycles. The van der Waals surface area contributed by atoms with Gasteiger partial charge in [0.1, 0.15) is 0 Å². The van der Waals surface area contributed by atoms with Crippen molar-refractivity contribution in [2.24, 2.45) is 11.3 Å². The smallest absolute Gasteiger partial charge is 0.00278 e. The molecule has 0 spiro atoms. The van der Waals surface area contributed by atoms with Crippen molar-refractivity contribution in [2.45, 2.75) is 34.1 Å². The van der Waals surface area contributed by atoms with E-state index in [1.807, 2.05) is 0 Å². The molecular weight excluding hydrogens is 444 g/mol. The van der Waals surface area contributed by atoms with Crippen LogP contribution < -0.4 is 10.4 Å². The number of allylic oxidation sites excluding steroid dienone is 4. The Hall–Kier alpha value is -3.90.